The third kappa shape index (κ3) is 5.65. The Labute approximate surface area is 172 Å². The summed E-state index contributed by atoms with van der Waals surface area (Å²) in [6.07, 6.45) is 3.96. The third-order valence-electron chi connectivity index (χ3n) is 4.56. The molecule has 0 saturated carbocycles. The first-order valence-corrected chi connectivity index (χ1v) is 9.57. The molecule has 0 atom stereocenters. The van der Waals surface area contributed by atoms with Crippen molar-refractivity contribution in [2.75, 3.05) is 33.1 Å². The maximum Gasteiger partial charge on any atom is 0.337 e. The molecule has 3 aromatic rings. The quantitative estimate of drug-likeness (QED) is 0.599. The molecule has 0 fully saturated rings. The van der Waals surface area contributed by atoms with Crippen LogP contribution < -0.4 is 5.32 Å². The number of anilines is 1. The fourth-order valence-electron chi connectivity index (χ4n) is 3.15. The van der Waals surface area contributed by atoms with Crippen LogP contribution in [0, 0.1) is 0 Å². The number of rotatable bonds is 7. The highest BCUT2D eigenvalue weighted by Gasteiger charge is 2.04. The molecule has 29 heavy (non-hydrogen) atoms. The molecule has 2 aromatic carbocycles. The van der Waals surface area contributed by atoms with Gasteiger partial charge in [-0.3, -0.25) is 4.98 Å². The van der Waals surface area contributed by atoms with E-state index >= 15 is 0 Å². The zero-order valence-electron chi connectivity index (χ0n) is 17.4. The number of carbonyl (C=O) groups excluding carboxylic acids is 1. The van der Waals surface area contributed by atoms with Crippen molar-refractivity contribution in [1.29, 1.82) is 0 Å². The summed E-state index contributed by atoms with van der Waals surface area (Å²) in [5.41, 5.74) is 6.03. The minimum Gasteiger partial charge on any atom is -0.465 e. The summed E-state index contributed by atoms with van der Waals surface area (Å²) < 4.78 is 4.73. The predicted molar refractivity (Wildman–Crippen MR) is 119 cm³/mol. The molecule has 5 nitrogen and oxygen atoms in total. The molecule has 150 valence electrons. The highest BCUT2D eigenvalue weighted by Crippen LogP contribution is 2.19. The molecule has 5 heteroatoms. The number of aromatic nitrogens is 1. The van der Waals surface area contributed by atoms with Crippen LogP contribution in [0.4, 0.5) is 5.69 Å². The lowest BCUT2D eigenvalue weighted by atomic mass is 10.1. The summed E-state index contributed by atoms with van der Waals surface area (Å²) in [5.74, 6) is -0.323. The summed E-state index contributed by atoms with van der Waals surface area (Å²) in [6, 6.07) is 15.9. The molecule has 0 bridgehead atoms. The van der Waals surface area contributed by atoms with E-state index in [1.165, 1.54) is 18.2 Å². The molecule has 1 N–H and O–H groups in total. The molecule has 0 aliphatic carbocycles. The van der Waals surface area contributed by atoms with Gasteiger partial charge < -0.3 is 15.0 Å². The smallest absolute Gasteiger partial charge is 0.337 e. The number of nitrogens with one attached hydrogen (secondary N) is 1. The van der Waals surface area contributed by atoms with Gasteiger partial charge in [-0.2, -0.15) is 0 Å². The topological polar surface area (TPSA) is 54.5 Å². The van der Waals surface area contributed by atoms with Crippen LogP contribution in [0.25, 0.3) is 17.0 Å². The van der Waals surface area contributed by atoms with Crippen molar-refractivity contribution in [1.82, 2.24) is 9.88 Å². The standard InChI is InChI=1S/C24H27N3O2/c1-17(11-18-5-8-20(9-6-18)24(28)29-4)14-25-22-13-21-12-19(16-27(2)3)7-10-23(21)26-15-22/h5-13,15,25H,14,16H2,1-4H3/b17-11+. The largest absolute Gasteiger partial charge is 0.465 e. The molecule has 0 spiro atoms. The Bertz CT molecular complexity index is 1020. The van der Waals surface area contributed by atoms with Gasteiger partial charge in [0.1, 0.15) is 0 Å². The van der Waals surface area contributed by atoms with E-state index in [0.29, 0.717) is 12.1 Å². The second kappa shape index (κ2) is 9.34. The summed E-state index contributed by atoms with van der Waals surface area (Å²) >= 11 is 0. The minimum absolute atomic E-state index is 0.323. The van der Waals surface area contributed by atoms with Crippen molar-refractivity contribution < 1.29 is 9.53 Å². The van der Waals surface area contributed by atoms with Gasteiger partial charge in [-0.05, 0) is 62.5 Å². The molecule has 0 amide bonds. The molecule has 0 saturated heterocycles. The summed E-state index contributed by atoms with van der Waals surface area (Å²) in [6.45, 7) is 3.69. The van der Waals surface area contributed by atoms with E-state index in [0.717, 1.165) is 28.7 Å². The van der Waals surface area contributed by atoms with Crippen LogP contribution in [-0.4, -0.2) is 43.6 Å². The van der Waals surface area contributed by atoms with E-state index in [1.54, 1.807) is 12.1 Å². The fraction of sp³-hybridized carbons (Fsp3) is 0.250. The number of hydrogen-bond acceptors (Lipinski definition) is 5. The summed E-state index contributed by atoms with van der Waals surface area (Å²) in [7, 11) is 5.52. The Morgan fingerprint density at radius 2 is 1.90 bits per heavy atom. The number of hydrogen-bond donors (Lipinski definition) is 1. The predicted octanol–water partition coefficient (Wildman–Crippen LogP) is 4.60. The highest BCUT2D eigenvalue weighted by molar-refractivity contribution is 5.89. The first-order chi connectivity index (χ1) is 13.9. The van der Waals surface area contributed by atoms with Crippen LogP contribution in [0.3, 0.4) is 0 Å². The first-order valence-electron chi connectivity index (χ1n) is 9.57. The van der Waals surface area contributed by atoms with E-state index in [-0.39, 0.29) is 5.97 Å². The lowest BCUT2D eigenvalue weighted by molar-refractivity contribution is 0.0600. The van der Waals surface area contributed by atoms with Gasteiger partial charge in [-0.25, -0.2) is 4.79 Å². The van der Waals surface area contributed by atoms with E-state index in [2.05, 4.69) is 66.6 Å². The van der Waals surface area contributed by atoms with Crippen LogP contribution in [0.5, 0.6) is 0 Å². The van der Waals surface area contributed by atoms with Crippen molar-refractivity contribution in [2.45, 2.75) is 13.5 Å². The van der Waals surface area contributed by atoms with E-state index in [9.17, 15) is 4.79 Å². The van der Waals surface area contributed by atoms with Gasteiger partial charge in [0.25, 0.3) is 0 Å². The van der Waals surface area contributed by atoms with Crippen molar-refractivity contribution in [2.24, 2.45) is 0 Å². The zero-order chi connectivity index (χ0) is 20.8. The van der Waals surface area contributed by atoms with Gasteiger partial charge in [0, 0.05) is 18.5 Å². The molecule has 0 aliphatic rings. The van der Waals surface area contributed by atoms with Gasteiger partial charge in [-0.1, -0.05) is 29.8 Å². The van der Waals surface area contributed by atoms with Crippen LogP contribution in [0.1, 0.15) is 28.4 Å². The van der Waals surface area contributed by atoms with Crippen LogP contribution in [0.15, 0.2) is 60.3 Å². The van der Waals surface area contributed by atoms with E-state index < -0.39 is 0 Å². The van der Waals surface area contributed by atoms with Crippen molar-refractivity contribution in [3.8, 4) is 0 Å². The molecule has 1 aromatic heterocycles. The van der Waals surface area contributed by atoms with E-state index in [1.807, 2.05) is 18.3 Å². The van der Waals surface area contributed by atoms with Crippen molar-refractivity contribution in [3.05, 3.63) is 77.0 Å². The Hall–Kier alpha value is -3.18. The van der Waals surface area contributed by atoms with Crippen LogP contribution >= 0.6 is 0 Å². The molecule has 0 aliphatic heterocycles. The van der Waals surface area contributed by atoms with Gasteiger partial charge in [-0.15, -0.1) is 0 Å². The molecule has 0 unspecified atom stereocenters. The van der Waals surface area contributed by atoms with Gasteiger partial charge >= 0.3 is 5.97 Å². The van der Waals surface area contributed by atoms with E-state index in [4.69, 9.17) is 4.74 Å². The minimum atomic E-state index is -0.323. The normalized spacial score (nSPS) is 11.7. The zero-order valence-corrected chi connectivity index (χ0v) is 17.4. The maximum absolute atomic E-state index is 11.5. The molecule has 1 heterocycles. The van der Waals surface area contributed by atoms with Gasteiger partial charge in [0.05, 0.1) is 30.1 Å². The third-order valence-corrected chi connectivity index (χ3v) is 4.56. The number of fused-ring (bicyclic) bond motifs is 1. The van der Waals surface area contributed by atoms with Crippen molar-refractivity contribution >= 4 is 28.6 Å². The molecule has 3 rings (SSSR count). The SMILES string of the molecule is COC(=O)c1ccc(/C=C(\C)CNc2cnc3ccc(CN(C)C)cc3c2)cc1. The monoisotopic (exact) mass is 389 g/mol. The average molecular weight is 389 g/mol. The molecular weight excluding hydrogens is 362 g/mol. The Morgan fingerprint density at radius 1 is 1.14 bits per heavy atom. The maximum atomic E-state index is 11.5. The second-order valence-electron chi connectivity index (χ2n) is 7.45. The summed E-state index contributed by atoms with van der Waals surface area (Å²) in [5, 5.41) is 4.57. The molecule has 0 radical (unpaired) electrons. The molecular formula is C24H27N3O2. The Kier molecular flexibility index (Phi) is 6.62. The fourth-order valence-corrected chi connectivity index (χ4v) is 3.15. The number of pyridine rings is 1. The van der Waals surface area contributed by atoms with Gasteiger partial charge in [0.15, 0.2) is 0 Å². The Morgan fingerprint density at radius 3 is 2.59 bits per heavy atom. The Balaban J connectivity index is 1.67. The number of carbonyl (C=O) groups is 1. The van der Waals surface area contributed by atoms with Crippen LogP contribution in [-0.2, 0) is 11.3 Å². The lowest BCUT2D eigenvalue weighted by Gasteiger charge is -2.11. The number of ether oxygens (including phenoxy) is 1. The van der Waals surface area contributed by atoms with Crippen LogP contribution in [0.2, 0.25) is 0 Å². The average Bonchev–Trinajstić information content (AvgIpc) is 2.71. The summed E-state index contributed by atoms with van der Waals surface area (Å²) in [4.78, 5) is 18.2. The number of methoxy groups -OCH3 is 1. The number of benzene rings is 2. The number of esters is 1. The highest BCUT2D eigenvalue weighted by atomic mass is 16.5. The second-order valence-corrected chi connectivity index (χ2v) is 7.45. The van der Waals surface area contributed by atoms with Crippen molar-refractivity contribution in [3.63, 3.8) is 0 Å². The number of nitrogens with zero attached hydrogens (tertiary/aromatic N) is 2. The lowest BCUT2D eigenvalue weighted by Crippen LogP contribution is -2.10. The van der Waals surface area contributed by atoms with Gasteiger partial charge in [0.2, 0.25) is 0 Å². The first kappa shape index (κ1) is 20.6.